The van der Waals surface area contributed by atoms with E-state index in [4.69, 9.17) is 5.73 Å². The Hall–Kier alpha value is -4.27. The predicted octanol–water partition coefficient (Wildman–Crippen LogP) is 5.32. The summed E-state index contributed by atoms with van der Waals surface area (Å²) in [6.45, 7) is 1.75. The molecule has 0 saturated heterocycles. The number of nitrogens with one attached hydrogen (secondary N) is 1. The van der Waals surface area contributed by atoms with Gasteiger partial charge in [0.2, 0.25) is 5.69 Å². The molecule has 2 amide bonds. The molecular formula is C28H28F2N8O4S. The highest BCUT2D eigenvalue weighted by atomic mass is 32.1. The van der Waals surface area contributed by atoms with Crippen LogP contribution in [0.4, 0.5) is 20.2 Å². The van der Waals surface area contributed by atoms with Crippen LogP contribution in [0.5, 0.6) is 0 Å². The summed E-state index contributed by atoms with van der Waals surface area (Å²) in [6.07, 6.45) is 6.02. The van der Waals surface area contributed by atoms with Crippen molar-refractivity contribution in [1.82, 2.24) is 24.5 Å². The van der Waals surface area contributed by atoms with Gasteiger partial charge >= 0.3 is 5.69 Å². The number of halogens is 2. The zero-order valence-corrected chi connectivity index (χ0v) is 24.2. The van der Waals surface area contributed by atoms with Crippen molar-refractivity contribution >= 4 is 44.7 Å². The summed E-state index contributed by atoms with van der Waals surface area (Å²) in [6, 6.07) is 1.19. The van der Waals surface area contributed by atoms with E-state index in [0.29, 0.717) is 29.0 Å². The van der Waals surface area contributed by atoms with Gasteiger partial charge in [0, 0.05) is 23.7 Å². The number of aryl methyl sites for hydroxylation is 1. The van der Waals surface area contributed by atoms with Gasteiger partial charge in [0.05, 0.1) is 22.3 Å². The maximum atomic E-state index is 13.9. The molecule has 12 nitrogen and oxygen atoms in total. The molecule has 0 aliphatic heterocycles. The number of amides is 2. The number of aromatic nitrogens is 5. The average molecular weight is 611 g/mol. The van der Waals surface area contributed by atoms with Gasteiger partial charge in [0.15, 0.2) is 0 Å². The maximum Gasteiger partial charge on any atom is 0.320 e. The number of carbonyl (C=O) groups excluding carboxylic acids is 2. The minimum Gasteiger partial charge on any atom is -0.365 e. The number of nitrogens with two attached hydrogens (primary N) is 1. The molecule has 43 heavy (non-hydrogen) atoms. The SMILES string of the molecule is Cc1c(-c2cc(C(F)F)nc3sc(C(N)=O)c(NC(=O)c4nn(C56CC7CC(CC(C7)C5)C6)cc4[N+](=O)[O-])c23)cnn1C. The highest BCUT2D eigenvalue weighted by Gasteiger charge is 2.53. The lowest BCUT2D eigenvalue weighted by Gasteiger charge is -2.56. The van der Waals surface area contributed by atoms with E-state index < -0.39 is 40.2 Å². The van der Waals surface area contributed by atoms with Crippen LogP contribution in [0, 0.1) is 34.8 Å². The number of nitrogens with zero attached hydrogens (tertiary/aromatic N) is 6. The van der Waals surface area contributed by atoms with Gasteiger partial charge in [-0.2, -0.15) is 10.2 Å². The second-order valence-electron chi connectivity index (χ2n) is 12.2. The molecule has 4 bridgehead atoms. The third-order valence-corrected chi connectivity index (χ3v) is 10.6. The lowest BCUT2D eigenvalue weighted by molar-refractivity contribution is -0.385. The number of hydrogen-bond acceptors (Lipinski definition) is 8. The molecule has 8 rings (SSSR count). The second-order valence-corrected chi connectivity index (χ2v) is 13.2. The lowest BCUT2D eigenvalue weighted by Crippen LogP contribution is -2.52. The lowest BCUT2D eigenvalue weighted by atomic mass is 9.53. The Kier molecular flexibility index (Phi) is 6.17. The van der Waals surface area contributed by atoms with Crippen molar-refractivity contribution in [3.05, 3.63) is 50.5 Å². The van der Waals surface area contributed by atoms with E-state index >= 15 is 0 Å². The summed E-state index contributed by atoms with van der Waals surface area (Å²) in [5.74, 6) is -0.199. The molecule has 4 saturated carbocycles. The van der Waals surface area contributed by atoms with Crippen LogP contribution in [0.15, 0.2) is 18.5 Å². The smallest absolute Gasteiger partial charge is 0.320 e. The number of carbonyl (C=O) groups is 2. The van der Waals surface area contributed by atoms with Gasteiger partial charge in [-0.15, -0.1) is 11.3 Å². The summed E-state index contributed by atoms with van der Waals surface area (Å²) in [5, 5.41) is 23.7. The fourth-order valence-electron chi connectivity index (χ4n) is 7.92. The molecular weight excluding hydrogens is 582 g/mol. The zero-order valence-electron chi connectivity index (χ0n) is 23.3. The molecule has 4 aliphatic rings. The average Bonchev–Trinajstić information content (AvgIpc) is 3.64. The summed E-state index contributed by atoms with van der Waals surface area (Å²) in [5.41, 5.74) is 5.25. The molecule has 224 valence electrons. The number of rotatable bonds is 7. The van der Waals surface area contributed by atoms with Gasteiger partial charge in [-0.05, 0) is 74.8 Å². The van der Waals surface area contributed by atoms with E-state index in [0.717, 1.165) is 49.9 Å². The first-order chi connectivity index (χ1) is 20.4. The van der Waals surface area contributed by atoms with Crippen LogP contribution >= 0.6 is 11.3 Å². The number of thiophene rings is 1. The standard InChI is InChI=1S/C28H28F2N8O4S/c1-12-17(10-32-36(12)2)16-6-18(24(29)30)33-27-20(16)22(23(43-27)25(31)39)34-26(40)21-19(38(41)42)11-37(35-21)28-7-13-3-14(8-28)5-15(4-13)9-28/h6,10-11,13-15,24H,3-5,7-9H2,1-2H3,(H2,31,39)(H,34,40). The molecule has 0 atom stereocenters. The second kappa shape index (κ2) is 9.62. The minimum atomic E-state index is -2.91. The van der Waals surface area contributed by atoms with E-state index in [9.17, 15) is 28.5 Å². The van der Waals surface area contributed by atoms with Gasteiger partial charge in [0.1, 0.15) is 21.6 Å². The summed E-state index contributed by atoms with van der Waals surface area (Å²) in [7, 11) is 1.69. The number of hydrogen-bond donors (Lipinski definition) is 2. The maximum absolute atomic E-state index is 13.9. The van der Waals surface area contributed by atoms with E-state index in [1.165, 1.54) is 18.5 Å². The summed E-state index contributed by atoms with van der Waals surface area (Å²) in [4.78, 5) is 41.8. The zero-order chi connectivity index (χ0) is 30.4. The Balaban J connectivity index is 1.35. The van der Waals surface area contributed by atoms with Crippen LogP contribution < -0.4 is 11.1 Å². The van der Waals surface area contributed by atoms with E-state index in [2.05, 4.69) is 20.5 Å². The van der Waals surface area contributed by atoms with E-state index in [-0.39, 0.29) is 31.9 Å². The van der Waals surface area contributed by atoms with Crippen molar-refractivity contribution in [2.45, 2.75) is 57.4 Å². The highest BCUT2D eigenvalue weighted by Crippen LogP contribution is 2.59. The van der Waals surface area contributed by atoms with Crippen LogP contribution in [0.3, 0.4) is 0 Å². The molecule has 4 fully saturated rings. The Labute approximate surface area is 247 Å². The van der Waals surface area contributed by atoms with Crippen LogP contribution in [0.2, 0.25) is 0 Å². The van der Waals surface area contributed by atoms with Gasteiger partial charge in [0.25, 0.3) is 18.2 Å². The van der Waals surface area contributed by atoms with E-state index in [1.807, 2.05) is 0 Å². The number of anilines is 1. The third kappa shape index (κ3) is 4.31. The summed E-state index contributed by atoms with van der Waals surface area (Å²) < 4.78 is 30.9. The van der Waals surface area contributed by atoms with Crippen LogP contribution in [0.1, 0.15) is 76.5 Å². The first kappa shape index (κ1) is 27.6. The molecule has 0 spiro atoms. The van der Waals surface area contributed by atoms with Crippen LogP contribution in [-0.2, 0) is 12.6 Å². The minimum absolute atomic E-state index is 0.0498. The molecule has 0 radical (unpaired) electrons. The Morgan fingerprint density at radius 1 is 1.19 bits per heavy atom. The molecule has 0 aromatic carbocycles. The van der Waals surface area contributed by atoms with Gasteiger partial charge in [-0.3, -0.25) is 29.1 Å². The number of primary amides is 1. The largest absolute Gasteiger partial charge is 0.365 e. The summed E-state index contributed by atoms with van der Waals surface area (Å²) >= 11 is 0.756. The quantitative estimate of drug-likeness (QED) is 0.211. The normalized spacial score (nSPS) is 24.3. The van der Waals surface area contributed by atoms with Crippen molar-refractivity contribution in [3.63, 3.8) is 0 Å². The molecule has 4 aromatic rings. The Bertz CT molecular complexity index is 1810. The molecule has 15 heteroatoms. The van der Waals surface area contributed by atoms with Crippen molar-refractivity contribution in [2.24, 2.45) is 30.5 Å². The molecule has 3 N–H and O–H groups in total. The third-order valence-electron chi connectivity index (χ3n) is 9.49. The van der Waals surface area contributed by atoms with Gasteiger partial charge in [-0.25, -0.2) is 13.8 Å². The van der Waals surface area contributed by atoms with Crippen molar-refractivity contribution in [2.75, 3.05) is 5.32 Å². The monoisotopic (exact) mass is 610 g/mol. The van der Waals surface area contributed by atoms with Crippen molar-refractivity contribution < 1.29 is 23.3 Å². The fraction of sp³-hybridized carbons (Fsp3) is 0.464. The number of fused-ring (bicyclic) bond motifs is 1. The molecule has 4 aromatic heterocycles. The van der Waals surface area contributed by atoms with Crippen molar-refractivity contribution in [3.8, 4) is 11.1 Å². The molecule has 0 unspecified atom stereocenters. The van der Waals surface area contributed by atoms with E-state index in [1.54, 1.807) is 23.3 Å². The Morgan fingerprint density at radius 2 is 1.84 bits per heavy atom. The number of alkyl halides is 2. The van der Waals surface area contributed by atoms with Gasteiger partial charge in [-0.1, -0.05) is 0 Å². The topological polar surface area (TPSA) is 164 Å². The number of nitro groups is 1. The first-order valence-corrected chi connectivity index (χ1v) is 14.9. The molecule has 4 heterocycles. The highest BCUT2D eigenvalue weighted by molar-refractivity contribution is 7.21. The number of pyridine rings is 1. The first-order valence-electron chi connectivity index (χ1n) is 14.0. The fourth-order valence-corrected chi connectivity index (χ4v) is 8.93. The van der Waals surface area contributed by atoms with Crippen molar-refractivity contribution in [1.29, 1.82) is 0 Å². The molecule has 4 aliphatic carbocycles. The van der Waals surface area contributed by atoms with Crippen LogP contribution in [0.25, 0.3) is 21.3 Å². The predicted molar refractivity (Wildman–Crippen MR) is 153 cm³/mol. The van der Waals surface area contributed by atoms with Crippen LogP contribution in [-0.4, -0.2) is 41.3 Å². The Morgan fingerprint density at radius 3 is 2.37 bits per heavy atom. The van der Waals surface area contributed by atoms with Gasteiger partial charge < -0.3 is 11.1 Å².